The van der Waals surface area contributed by atoms with Gasteiger partial charge in [-0.2, -0.15) is 0 Å². The van der Waals surface area contributed by atoms with Gasteiger partial charge in [-0.1, -0.05) is 18.1 Å². The van der Waals surface area contributed by atoms with E-state index in [1.165, 1.54) is 4.68 Å². The Balaban J connectivity index is 1.82. The van der Waals surface area contributed by atoms with E-state index in [4.69, 9.17) is 5.73 Å². The second-order valence-corrected chi connectivity index (χ2v) is 4.22. The van der Waals surface area contributed by atoms with Crippen LogP contribution in [0.25, 0.3) is 0 Å². The first-order valence-electron chi connectivity index (χ1n) is 5.65. The van der Waals surface area contributed by atoms with Crippen LogP contribution in [0, 0.1) is 0 Å². The van der Waals surface area contributed by atoms with E-state index in [0.29, 0.717) is 0 Å². The van der Waals surface area contributed by atoms with Crippen LogP contribution in [0.15, 0.2) is 12.4 Å². The number of carbonyl (C=O) groups excluding carboxylic acids is 1. The van der Waals surface area contributed by atoms with Crippen LogP contribution in [0.3, 0.4) is 0 Å². The smallest absolute Gasteiger partial charge is 0.242 e. The molecule has 16 heavy (non-hydrogen) atoms. The van der Waals surface area contributed by atoms with Gasteiger partial charge in [0, 0.05) is 18.3 Å². The van der Waals surface area contributed by atoms with E-state index in [1.807, 2.05) is 0 Å². The molecular weight excluding hydrogens is 206 g/mol. The maximum atomic E-state index is 11.7. The van der Waals surface area contributed by atoms with Crippen molar-refractivity contribution in [3.05, 3.63) is 12.4 Å². The predicted molar refractivity (Wildman–Crippen MR) is 58.4 cm³/mol. The summed E-state index contributed by atoms with van der Waals surface area (Å²) in [6.07, 6.45) is 7.50. The molecule has 0 radical (unpaired) electrons. The van der Waals surface area contributed by atoms with Crippen molar-refractivity contribution in [3.8, 4) is 0 Å². The van der Waals surface area contributed by atoms with Gasteiger partial charge in [0.05, 0.1) is 6.20 Å². The van der Waals surface area contributed by atoms with Crippen molar-refractivity contribution in [2.24, 2.45) is 5.73 Å². The van der Waals surface area contributed by atoms with Gasteiger partial charge in [-0.25, -0.2) is 4.68 Å². The lowest BCUT2D eigenvalue weighted by atomic mass is 9.91. The van der Waals surface area contributed by atoms with E-state index in [-0.39, 0.29) is 24.5 Å². The van der Waals surface area contributed by atoms with E-state index in [9.17, 15) is 4.79 Å². The fourth-order valence-electron chi connectivity index (χ4n) is 2.06. The lowest BCUT2D eigenvalue weighted by Gasteiger charge is -2.29. The molecule has 2 rings (SSSR count). The molecule has 1 aliphatic rings. The Morgan fingerprint density at radius 1 is 1.50 bits per heavy atom. The number of amides is 1. The Morgan fingerprint density at radius 3 is 3.00 bits per heavy atom. The minimum atomic E-state index is -0.0483. The number of nitrogens with one attached hydrogen (secondary N) is 1. The summed E-state index contributed by atoms with van der Waals surface area (Å²) < 4.78 is 1.50. The first kappa shape index (κ1) is 11.1. The van der Waals surface area contributed by atoms with Crippen LogP contribution < -0.4 is 11.1 Å². The number of rotatable bonds is 3. The van der Waals surface area contributed by atoms with Crippen molar-refractivity contribution in [1.29, 1.82) is 0 Å². The molecule has 6 nitrogen and oxygen atoms in total. The van der Waals surface area contributed by atoms with Gasteiger partial charge < -0.3 is 11.1 Å². The Morgan fingerprint density at radius 2 is 2.31 bits per heavy atom. The largest absolute Gasteiger partial charge is 0.350 e. The lowest BCUT2D eigenvalue weighted by Crippen LogP contribution is -2.50. The number of carbonyl (C=O) groups is 1. The van der Waals surface area contributed by atoms with Crippen LogP contribution in [0.1, 0.15) is 25.7 Å². The Labute approximate surface area is 94.2 Å². The van der Waals surface area contributed by atoms with Crippen molar-refractivity contribution in [1.82, 2.24) is 20.3 Å². The van der Waals surface area contributed by atoms with Gasteiger partial charge in [-0.15, -0.1) is 5.10 Å². The molecule has 0 saturated heterocycles. The molecule has 3 N–H and O–H groups in total. The van der Waals surface area contributed by atoms with Gasteiger partial charge in [-0.3, -0.25) is 4.79 Å². The van der Waals surface area contributed by atoms with Gasteiger partial charge in [-0.05, 0) is 12.8 Å². The SMILES string of the molecule is N[C@@H]1CCCC[C@H]1NC(=O)Cn1ccnn1. The molecule has 0 aromatic carbocycles. The Bertz CT molecular complexity index is 337. The highest BCUT2D eigenvalue weighted by atomic mass is 16.2. The number of nitrogens with two attached hydrogens (primary N) is 1. The quantitative estimate of drug-likeness (QED) is 0.734. The van der Waals surface area contributed by atoms with Gasteiger partial charge >= 0.3 is 0 Å². The van der Waals surface area contributed by atoms with Gasteiger partial charge in [0.15, 0.2) is 0 Å². The molecule has 1 aromatic heterocycles. The van der Waals surface area contributed by atoms with Gasteiger partial charge in [0.1, 0.15) is 6.54 Å². The van der Waals surface area contributed by atoms with Crippen molar-refractivity contribution in [3.63, 3.8) is 0 Å². The minimum Gasteiger partial charge on any atom is -0.350 e. The molecule has 0 aliphatic heterocycles. The molecule has 1 heterocycles. The maximum Gasteiger partial charge on any atom is 0.242 e. The third kappa shape index (κ3) is 2.79. The molecule has 2 atom stereocenters. The molecule has 0 bridgehead atoms. The first-order valence-corrected chi connectivity index (χ1v) is 5.65. The highest BCUT2D eigenvalue weighted by Crippen LogP contribution is 2.16. The second kappa shape index (κ2) is 5.07. The predicted octanol–water partition coefficient (Wildman–Crippen LogP) is -0.336. The Kier molecular flexibility index (Phi) is 3.51. The van der Waals surface area contributed by atoms with Crippen LogP contribution in [0.2, 0.25) is 0 Å². The van der Waals surface area contributed by atoms with Crippen LogP contribution in [0.5, 0.6) is 0 Å². The van der Waals surface area contributed by atoms with E-state index in [0.717, 1.165) is 25.7 Å². The molecule has 1 fully saturated rings. The summed E-state index contributed by atoms with van der Waals surface area (Å²) in [5.74, 6) is -0.0483. The topological polar surface area (TPSA) is 85.8 Å². The zero-order valence-electron chi connectivity index (χ0n) is 9.17. The third-order valence-electron chi connectivity index (χ3n) is 2.94. The van der Waals surface area contributed by atoms with E-state index >= 15 is 0 Å². The molecule has 1 saturated carbocycles. The van der Waals surface area contributed by atoms with Crippen molar-refractivity contribution < 1.29 is 4.79 Å². The standard InChI is InChI=1S/C10H17N5O/c11-8-3-1-2-4-9(8)13-10(16)7-15-6-5-12-14-15/h5-6,8-9H,1-4,7,11H2,(H,13,16)/t8-,9-/m1/s1. The number of aromatic nitrogens is 3. The average molecular weight is 223 g/mol. The zero-order chi connectivity index (χ0) is 11.4. The summed E-state index contributed by atoms with van der Waals surface area (Å²) in [6, 6.07) is 0.207. The van der Waals surface area contributed by atoms with Gasteiger partial charge in [0.25, 0.3) is 0 Å². The van der Waals surface area contributed by atoms with Crippen LogP contribution in [-0.2, 0) is 11.3 Å². The van der Waals surface area contributed by atoms with Crippen molar-refractivity contribution in [2.75, 3.05) is 0 Å². The molecule has 1 aliphatic carbocycles. The molecule has 1 amide bonds. The summed E-state index contributed by atoms with van der Waals surface area (Å²) >= 11 is 0. The van der Waals surface area contributed by atoms with Crippen molar-refractivity contribution in [2.45, 2.75) is 44.3 Å². The average Bonchev–Trinajstić information content (AvgIpc) is 2.74. The highest BCUT2D eigenvalue weighted by Gasteiger charge is 2.23. The normalized spacial score (nSPS) is 25.3. The maximum absolute atomic E-state index is 11.7. The lowest BCUT2D eigenvalue weighted by molar-refractivity contribution is -0.122. The monoisotopic (exact) mass is 223 g/mol. The summed E-state index contributed by atoms with van der Waals surface area (Å²) in [6.45, 7) is 0.212. The van der Waals surface area contributed by atoms with E-state index in [2.05, 4.69) is 15.6 Å². The fraction of sp³-hybridized carbons (Fsp3) is 0.700. The molecule has 0 spiro atoms. The number of hydrogen-bond acceptors (Lipinski definition) is 4. The van der Waals surface area contributed by atoms with Crippen molar-refractivity contribution >= 4 is 5.91 Å². The Hall–Kier alpha value is -1.43. The molecule has 0 unspecified atom stereocenters. The van der Waals surface area contributed by atoms with Crippen LogP contribution in [0.4, 0.5) is 0 Å². The molecule has 1 aromatic rings. The minimum absolute atomic E-state index is 0.0483. The van der Waals surface area contributed by atoms with E-state index < -0.39 is 0 Å². The fourth-order valence-corrected chi connectivity index (χ4v) is 2.06. The zero-order valence-corrected chi connectivity index (χ0v) is 9.17. The van der Waals surface area contributed by atoms with E-state index in [1.54, 1.807) is 12.4 Å². The highest BCUT2D eigenvalue weighted by molar-refractivity contribution is 5.76. The number of nitrogens with zero attached hydrogens (tertiary/aromatic N) is 3. The molecule has 6 heteroatoms. The second-order valence-electron chi connectivity index (χ2n) is 4.22. The summed E-state index contributed by atoms with van der Waals surface area (Å²) in [4.78, 5) is 11.7. The first-order chi connectivity index (χ1) is 7.75. The van der Waals surface area contributed by atoms with Gasteiger partial charge in [0.2, 0.25) is 5.91 Å². The summed E-state index contributed by atoms with van der Waals surface area (Å²) in [7, 11) is 0. The summed E-state index contributed by atoms with van der Waals surface area (Å²) in [5, 5.41) is 10.3. The number of hydrogen-bond donors (Lipinski definition) is 2. The third-order valence-corrected chi connectivity index (χ3v) is 2.94. The summed E-state index contributed by atoms with van der Waals surface area (Å²) in [5.41, 5.74) is 5.95. The van der Waals surface area contributed by atoms with Crippen LogP contribution in [-0.4, -0.2) is 33.0 Å². The molecule has 88 valence electrons. The molecular formula is C10H17N5O. The van der Waals surface area contributed by atoms with Crippen LogP contribution >= 0.6 is 0 Å².